The summed E-state index contributed by atoms with van der Waals surface area (Å²) in [5, 5.41) is 3.04. The quantitative estimate of drug-likeness (QED) is 0.523. The lowest BCUT2D eigenvalue weighted by Crippen LogP contribution is -2.51. The predicted molar refractivity (Wildman–Crippen MR) is 130 cm³/mol. The van der Waals surface area contributed by atoms with Gasteiger partial charge in [0, 0.05) is 12.6 Å². The van der Waals surface area contributed by atoms with Crippen LogP contribution in [0.4, 0.5) is 0 Å². The zero-order valence-corrected chi connectivity index (χ0v) is 20.4. The van der Waals surface area contributed by atoms with Crippen molar-refractivity contribution in [1.82, 2.24) is 10.2 Å². The lowest BCUT2D eigenvalue weighted by molar-refractivity contribution is -0.143. The van der Waals surface area contributed by atoms with Gasteiger partial charge >= 0.3 is 0 Å². The van der Waals surface area contributed by atoms with Gasteiger partial charge < -0.3 is 15.0 Å². The maximum Gasteiger partial charge on any atom is 0.261 e. The largest absolute Gasteiger partial charge is 0.483 e. The first-order valence-electron chi connectivity index (χ1n) is 11.6. The lowest BCUT2D eigenvalue weighted by atomic mass is 10.0. The molecule has 1 N–H and O–H groups in total. The van der Waals surface area contributed by atoms with Crippen molar-refractivity contribution in [3.8, 4) is 5.75 Å². The van der Waals surface area contributed by atoms with Crippen LogP contribution >= 0.6 is 0 Å². The van der Waals surface area contributed by atoms with E-state index in [1.54, 1.807) is 4.90 Å². The van der Waals surface area contributed by atoms with Crippen molar-refractivity contribution >= 4 is 11.8 Å². The summed E-state index contributed by atoms with van der Waals surface area (Å²) in [6.45, 7) is 12.4. The Morgan fingerprint density at radius 1 is 0.969 bits per heavy atom. The third-order valence-corrected chi connectivity index (χ3v) is 5.75. The Kier molecular flexibility index (Phi) is 9.76. The number of hydrogen-bond acceptors (Lipinski definition) is 3. The molecule has 32 heavy (non-hydrogen) atoms. The van der Waals surface area contributed by atoms with Crippen molar-refractivity contribution < 1.29 is 14.3 Å². The highest BCUT2D eigenvalue weighted by atomic mass is 16.5. The van der Waals surface area contributed by atoms with E-state index in [0.29, 0.717) is 18.7 Å². The van der Waals surface area contributed by atoms with Gasteiger partial charge in [-0.3, -0.25) is 9.59 Å². The Hall–Kier alpha value is -2.82. The molecule has 5 heteroatoms. The Labute approximate surface area is 193 Å². The third-order valence-electron chi connectivity index (χ3n) is 5.75. The zero-order valence-electron chi connectivity index (χ0n) is 20.4. The normalized spacial score (nSPS) is 12.8. The van der Waals surface area contributed by atoms with Crippen molar-refractivity contribution in [3.05, 3.63) is 65.2 Å². The Bertz CT molecular complexity index is 877. The molecule has 2 amide bonds. The summed E-state index contributed by atoms with van der Waals surface area (Å²) in [4.78, 5) is 28.0. The lowest BCUT2D eigenvalue weighted by Gasteiger charge is -2.31. The molecule has 0 radical (unpaired) electrons. The average molecular weight is 439 g/mol. The zero-order chi connectivity index (χ0) is 23.7. The maximum atomic E-state index is 13.4. The highest BCUT2D eigenvalue weighted by Crippen LogP contribution is 2.26. The number of nitrogens with zero attached hydrogens (tertiary/aromatic N) is 1. The molecule has 0 saturated heterocycles. The molecule has 0 heterocycles. The van der Waals surface area contributed by atoms with E-state index in [4.69, 9.17) is 4.74 Å². The first-order valence-corrected chi connectivity index (χ1v) is 11.6. The van der Waals surface area contributed by atoms with Crippen LogP contribution in [0, 0.1) is 6.92 Å². The number of carbonyl (C=O) groups is 2. The van der Waals surface area contributed by atoms with Crippen LogP contribution in [0.15, 0.2) is 48.5 Å². The maximum absolute atomic E-state index is 13.4. The first-order chi connectivity index (χ1) is 15.3. The van der Waals surface area contributed by atoms with E-state index in [1.807, 2.05) is 76.2 Å². The molecule has 2 atom stereocenters. The van der Waals surface area contributed by atoms with Crippen LogP contribution in [-0.4, -0.2) is 35.4 Å². The van der Waals surface area contributed by atoms with Gasteiger partial charge in [-0.2, -0.15) is 0 Å². The predicted octanol–water partition coefficient (Wildman–Crippen LogP) is 5.22. The number of nitrogens with one attached hydrogen (secondary N) is 1. The molecule has 0 aliphatic heterocycles. The number of para-hydroxylation sites is 1. The van der Waals surface area contributed by atoms with Crippen LogP contribution in [0.25, 0.3) is 0 Å². The summed E-state index contributed by atoms with van der Waals surface area (Å²) in [6.07, 6.45) is 1.37. The van der Waals surface area contributed by atoms with Gasteiger partial charge in [-0.1, -0.05) is 75.7 Å². The van der Waals surface area contributed by atoms with Crippen LogP contribution < -0.4 is 10.1 Å². The van der Waals surface area contributed by atoms with Crippen molar-refractivity contribution in [3.63, 3.8) is 0 Å². The molecular weight excluding hydrogens is 400 g/mol. The fourth-order valence-electron chi connectivity index (χ4n) is 3.56. The van der Waals surface area contributed by atoms with E-state index < -0.39 is 6.04 Å². The van der Waals surface area contributed by atoms with Crippen molar-refractivity contribution in [2.24, 2.45) is 0 Å². The van der Waals surface area contributed by atoms with Crippen LogP contribution in [-0.2, 0) is 16.1 Å². The average Bonchev–Trinajstić information content (AvgIpc) is 2.78. The van der Waals surface area contributed by atoms with E-state index in [9.17, 15) is 9.59 Å². The first kappa shape index (κ1) is 25.4. The molecule has 2 unspecified atom stereocenters. The second-order valence-corrected chi connectivity index (χ2v) is 8.73. The van der Waals surface area contributed by atoms with Crippen molar-refractivity contribution in [1.29, 1.82) is 0 Å². The highest BCUT2D eigenvalue weighted by Gasteiger charge is 2.29. The van der Waals surface area contributed by atoms with Gasteiger partial charge in [0.2, 0.25) is 5.91 Å². The van der Waals surface area contributed by atoms with Gasteiger partial charge in [0.05, 0.1) is 0 Å². The standard InChI is InChI=1S/C27H38N2O3/c1-7-21(6)28-27(31)24(8-2)29(17-22-15-13-20(5)14-16-22)26(30)18-32-25-12-10-9-11-23(25)19(3)4/h9-16,19,21,24H,7-8,17-18H2,1-6H3,(H,28,31). The van der Waals surface area contributed by atoms with Crippen LogP contribution in [0.5, 0.6) is 5.75 Å². The van der Waals surface area contributed by atoms with Crippen LogP contribution in [0.3, 0.4) is 0 Å². The summed E-state index contributed by atoms with van der Waals surface area (Å²) in [5.74, 6) is 0.679. The number of benzene rings is 2. The molecule has 5 nitrogen and oxygen atoms in total. The fraction of sp³-hybridized carbons (Fsp3) is 0.481. The topological polar surface area (TPSA) is 58.6 Å². The van der Waals surface area contributed by atoms with E-state index >= 15 is 0 Å². The molecule has 0 spiro atoms. The highest BCUT2D eigenvalue weighted by molar-refractivity contribution is 5.88. The monoisotopic (exact) mass is 438 g/mol. The van der Waals surface area contributed by atoms with Gasteiger partial charge in [0.25, 0.3) is 5.91 Å². The van der Waals surface area contributed by atoms with Gasteiger partial charge in [-0.05, 0) is 49.8 Å². The van der Waals surface area contributed by atoms with Crippen LogP contribution in [0.1, 0.15) is 70.1 Å². The van der Waals surface area contributed by atoms with Gasteiger partial charge in [-0.25, -0.2) is 0 Å². The molecule has 0 aromatic heterocycles. The molecule has 2 aromatic rings. The van der Waals surface area contributed by atoms with E-state index in [-0.39, 0.29) is 30.4 Å². The number of hydrogen-bond donors (Lipinski definition) is 1. The SMILES string of the molecule is CCC(C)NC(=O)C(CC)N(Cc1ccc(C)cc1)C(=O)COc1ccccc1C(C)C. The number of carbonyl (C=O) groups excluding carboxylic acids is 2. The Morgan fingerprint density at radius 3 is 2.22 bits per heavy atom. The summed E-state index contributed by atoms with van der Waals surface area (Å²) in [5.41, 5.74) is 3.20. The summed E-state index contributed by atoms with van der Waals surface area (Å²) >= 11 is 0. The molecule has 0 fully saturated rings. The molecule has 2 rings (SSSR count). The molecule has 174 valence electrons. The molecule has 0 aliphatic carbocycles. The second kappa shape index (κ2) is 12.3. The molecule has 2 aromatic carbocycles. The fourth-order valence-corrected chi connectivity index (χ4v) is 3.56. The van der Waals surface area contributed by atoms with E-state index in [1.165, 1.54) is 0 Å². The van der Waals surface area contributed by atoms with Crippen molar-refractivity contribution in [2.75, 3.05) is 6.61 Å². The van der Waals surface area contributed by atoms with Gasteiger partial charge in [0.1, 0.15) is 11.8 Å². The van der Waals surface area contributed by atoms with Crippen molar-refractivity contribution in [2.45, 2.75) is 78.9 Å². The minimum Gasteiger partial charge on any atom is -0.483 e. The molecular formula is C27H38N2O3. The number of aryl methyl sites for hydroxylation is 1. The van der Waals surface area contributed by atoms with Gasteiger partial charge in [0.15, 0.2) is 6.61 Å². The molecule has 0 bridgehead atoms. The minimum atomic E-state index is -0.554. The summed E-state index contributed by atoms with van der Waals surface area (Å²) in [7, 11) is 0. The molecule has 0 aliphatic rings. The smallest absolute Gasteiger partial charge is 0.261 e. The van der Waals surface area contributed by atoms with Crippen LogP contribution in [0.2, 0.25) is 0 Å². The molecule has 0 saturated carbocycles. The third kappa shape index (κ3) is 7.11. The summed E-state index contributed by atoms with van der Waals surface area (Å²) in [6, 6.07) is 15.3. The van der Waals surface area contributed by atoms with E-state index in [0.717, 1.165) is 23.1 Å². The Morgan fingerprint density at radius 2 is 1.62 bits per heavy atom. The van der Waals surface area contributed by atoms with E-state index in [2.05, 4.69) is 19.2 Å². The van der Waals surface area contributed by atoms with Gasteiger partial charge in [-0.15, -0.1) is 0 Å². The number of amides is 2. The number of rotatable bonds is 11. The Balaban J connectivity index is 2.24. The number of ether oxygens (including phenoxy) is 1. The minimum absolute atomic E-state index is 0.0574. The second-order valence-electron chi connectivity index (χ2n) is 8.73. The summed E-state index contributed by atoms with van der Waals surface area (Å²) < 4.78 is 5.95.